The van der Waals surface area contributed by atoms with Crippen LogP contribution >= 0.6 is 0 Å². The molecule has 1 N–H and O–H groups in total. The molecular weight excluding hydrogens is 452 g/mol. The number of nitrogens with one attached hydrogen (secondary N) is 1. The molecule has 0 aromatic heterocycles. The molecule has 4 nitrogen and oxygen atoms in total. The van der Waals surface area contributed by atoms with Gasteiger partial charge in [0, 0.05) is 18.6 Å². The number of hydrogen-bond donors (Lipinski definition) is 1. The zero-order chi connectivity index (χ0) is 25.2. The number of benzene rings is 3. The number of nitrogens with zero attached hydrogens (tertiary/aromatic N) is 3. The quantitative estimate of drug-likeness (QED) is 0.388. The second-order valence-corrected chi connectivity index (χ2v) is 11.0. The van der Waals surface area contributed by atoms with E-state index >= 15 is 0 Å². The SMILES string of the molecule is [C-]#[N+]c1ccc2c(c1)[C@H]1CCCN(Cc3ccccc3)[C@H]1C2.[C-]#[N+]c1ccc2c(c1)[C@H]1CCCN[C@H]1C2. The van der Waals surface area contributed by atoms with Crippen molar-refractivity contribution in [2.24, 2.45) is 0 Å². The lowest BCUT2D eigenvalue weighted by atomic mass is 9.88. The molecule has 4 heteroatoms. The Balaban J connectivity index is 0.000000146. The van der Waals surface area contributed by atoms with Gasteiger partial charge in [0.1, 0.15) is 0 Å². The summed E-state index contributed by atoms with van der Waals surface area (Å²) in [6.45, 7) is 17.7. The summed E-state index contributed by atoms with van der Waals surface area (Å²) in [7, 11) is 0. The number of fused-ring (bicyclic) bond motifs is 6. The smallest absolute Gasteiger partial charge is 0.187 e. The van der Waals surface area contributed by atoms with E-state index in [4.69, 9.17) is 13.1 Å². The van der Waals surface area contributed by atoms with Crippen LogP contribution in [0, 0.1) is 13.1 Å². The molecule has 3 aromatic rings. The Kier molecular flexibility index (Phi) is 6.79. The Morgan fingerprint density at radius 3 is 2.19 bits per heavy atom. The van der Waals surface area contributed by atoms with Gasteiger partial charge in [-0.25, -0.2) is 9.69 Å². The Hall–Kier alpha value is -3.44. The minimum atomic E-state index is 0.616. The molecule has 2 fully saturated rings. The lowest BCUT2D eigenvalue weighted by molar-refractivity contribution is 0.129. The van der Waals surface area contributed by atoms with E-state index in [0.717, 1.165) is 37.3 Å². The lowest BCUT2D eigenvalue weighted by Gasteiger charge is -2.38. The van der Waals surface area contributed by atoms with Crippen LogP contribution < -0.4 is 5.32 Å². The maximum absolute atomic E-state index is 7.24. The molecule has 0 saturated carbocycles. The Bertz CT molecular complexity index is 1350. The summed E-state index contributed by atoms with van der Waals surface area (Å²) in [5, 5.41) is 3.59. The zero-order valence-electron chi connectivity index (χ0n) is 21.4. The highest BCUT2D eigenvalue weighted by atomic mass is 15.2. The van der Waals surface area contributed by atoms with Gasteiger partial charge in [-0.15, -0.1) is 0 Å². The summed E-state index contributed by atoms with van der Waals surface area (Å²) >= 11 is 0. The van der Waals surface area contributed by atoms with Gasteiger partial charge in [0.05, 0.1) is 13.1 Å². The van der Waals surface area contributed by atoms with Gasteiger partial charge in [0.15, 0.2) is 11.4 Å². The number of piperidine rings is 2. The molecule has 0 unspecified atom stereocenters. The summed E-state index contributed by atoms with van der Waals surface area (Å²) in [4.78, 5) is 9.78. The molecule has 7 rings (SSSR count). The van der Waals surface area contributed by atoms with E-state index < -0.39 is 0 Å². The Morgan fingerprint density at radius 1 is 0.784 bits per heavy atom. The van der Waals surface area contributed by atoms with E-state index in [9.17, 15) is 0 Å². The summed E-state index contributed by atoms with van der Waals surface area (Å²) in [6, 6.07) is 24.5. The summed E-state index contributed by atoms with van der Waals surface area (Å²) in [6.07, 6.45) is 7.37. The Labute approximate surface area is 221 Å². The molecule has 0 bridgehead atoms. The third-order valence-corrected chi connectivity index (χ3v) is 8.89. The van der Waals surface area contributed by atoms with Gasteiger partial charge in [0.2, 0.25) is 0 Å². The van der Waals surface area contributed by atoms with Crippen molar-refractivity contribution in [3.63, 3.8) is 0 Å². The number of hydrogen-bond acceptors (Lipinski definition) is 2. The van der Waals surface area contributed by atoms with Crippen molar-refractivity contribution in [2.45, 2.75) is 69.0 Å². The predicted molar refractivity (Wildman–Crippen MR) is 149 cm³/mol. The monoisotopic (exact) mass is 486 g/mol. The summed E-state index contributed by atoms with van der Waals surface area (Å²) in [5.41, 5.74) is 8.77. The van der Waals surface area contributed by atoms with Crippen molar-refractivity contribution in [2.75, 3.05) is 13.1 Å². The molecule has 0 spiro atoms. The molecule has 4 atom stereocenters. The number of likely N-dealkylation sites (tertiary alicyclic amines) is 1. The van der Waals surface area contributed by atoms with Crippen molar-refractivity contribution >= 4 is 11.4 Å². The first-order valence-electron chi connectivity index (χ1n) is 13.8. The average Bonchev–Trinajstić information content (AvgIpc) is 3.52. The van der Waals surface area contributed by atoms with Crippen molar-refractivity contribution in [3.05, 3.63) is 117 Å². The van der Waals surface area contributed by atoms with Crippen molar-refractivity contribution in [1.29, 1.82) is 0 Å². The topological polar surface area (TPSA) is 24.0 Å². The fourth-order valence-corrected chi connectivity index (χ4v) is 7.14. The second kappa shape index (κ2) is 10.5. The van der Waals surface area contributed by atoms with E-state index in [2.05, 4.69) is 74.5 Å². The molecule has 2 heterocycles. The van der Waals surface area contributed by atoms with Gasteiger partial charge < -0.3 is 5.32 Å². The minimum Gasteiger partial charge on any atom is -0.313 e. The average molecular weight is 487 g/mol. The van der Waals surface area contributed by atoms with Crippen molar-refractivity contribution < 1.29 is 0 Å². The minimum absolute atomic E-state index is 0.616. The van der Waals surface area contributed by atoms with Crippen LogP contribution in [0.2, 0.25) is 0 Å². The molecule has 2 saturated heterocycles. The normalized spacial score (nSPS) is 25.4. The lowest BCUT2D eigenvalue weighted by Crippen LogP contribution is -2.42. The van der Waals surface area contributed by atoms with Crippen LogP contribution in [-0.2, 0) is 19.4 Å². The molecule has 3 aromatic carbocycles. The third kappa shape index (κ3) is 4.80. The second-order valence-electron chi connectivity index (χ2n) is 11.0. The van der Waals surface area contributed by atoms with E-state index in [0.29, 0.717) is 23.9 Å². The van der Waals surface area contributed by atoms with Crippen LogP contribution in [0.15, 0.2) is 66.7 Å². The third-order valence-electron chi connectivity index (χ3n) is 8.89. The first-order chi connectivity index (χ1) is 18.2. The molecule has 2 aliphatic carbocycles. The molecule has 2 aliphatic heterocycles. The fraction of sp³-hybridized carbons (Fsp3) is 0.394. The Morgan fingerprint density at radius 2 is 1.46 bits per heavy atom. The van der Waals surface area contributed by atoms with Crippen LogP contribution in [0.1, 0.15) is 65.3 Å². The van der Waals surface area contributed by atoms with Gasteiger partial charge >= 0.3 is 0 Å². The van der Waals surface area contributed by atoms with Gasteiger partial charge in [-0.1, -0.05) is 77.9 Å². The van der Waals surface area contributed by atoms with Gasteiger partial charge in [-0.2, -0.15) is 0 Å². The van der Waals surface area contributed by atoms with E-state index in [1.54, 1.807) is 0 Å². The van der Waals surface area contributed by atoms with Crippen LogP contribution in [0.5, 0.6) is 0 Å². The van der Waals surface area contributed by atoms with Crippen LogP contribution in [0.3, 0.4) is 0 Å². The maximum atomic E-state index is 7.24. The van der Waals surface area contributed by atoms with Crippen LogP contribution in [0.4, 0.5) is 11.4 Å². The highest BCUT2D eigenvalue weighted by Gasteiger charge is 2.38. The van der Waals surface area contributed by atoms with Gasteiger partial charge in [0.25, 0.3) is 0 Å². The van der Waals surface area contributed by atoms with E-state index in [1.165, 1.54) is 60.0 Å². The molecule has 4 aliphatic rings. The number of rotatable bonds is 2. The summed E-state index contributed by atoms with van der Waals surface area (Å²) in [5.74, 6) is 1.28. The largest absolute Gasteiger partial charge is 0.313 e. The highest BCUT2D eigenvalue weighted by Crippen LogP contribution is 2.44. The van der Waals surface area contributed by atoms with Crippen molar-refractivity contribution in [3.8, 4) is 0 Å². The van der Waals surface area contributed by atoms with Gasteiger partial charge in [-0.05, 0) is 80.1 Å². The predicted octanol–water partition coefficient (Wildman–Crippen LogP) is 7.17. The van der Waals surface area contributed by atoms with E-state index in [-0.39, 0.29) is 0 Å². The fourth-order valence-electron chi connectivity index (χ4n) is 7.14. The van der Waals surface area contributed by atoms with Crippen LogP contribution in [-0.4, -0.2) is 30.1 Å². The molecule has 186 valence electrons. The maximum Gasteiger partial charge on any atom is 0.187 e. The van der Waals surface area contributed by atoms with Crippen LogP contribution in [0.25, 0.3) is 9.69 Å². The molecular formula is C33H34N4. The molecule has 37 heavy (non-hydrogen) atoms. The standard InChI is InChI=1S/C20H20N2.C13H14N2/c1-21-17-10-9-16-12-20-18(19(16)13-17)8-5-11-22(20)14-15-6-3-2-4-7-15;1-14-10-5-4-9-7-13-11(12(9)8-10)3-2-6-15-13/h2-4,6-7,9-10,13,18,20H,5,8,11-12,14H2;4-5,8,11,13,15H,2-3,6-7H2/t18-,20+;11-,13+/m11/s1. The molecule has 0 amide bonds. The van der Waals surface area contributed by atoms with E-state index in [1.807, 2.05) is 12.1 Å². The highest BCUT2D eigenvalue weighted by molar-refractivity contribution is 5.54. The first kappa shape index (κ1) is 23.9. The first-order valence-corrected chi connectivity index (χ1v) is 13.8. The molecule has 0 radical (unpaired) electrons. The van der Waals surface area contributed by atoms with Gasteiger partial charge in [-0.3, -0.25) is 4.90 Å². The summed E-state index contributed by atoms with van der Waals surface area (Å²) < 4.78 is 0. The van der Waals surface area contributed by atoms with Crippen molar-refractivity contribution in [1.82, 2.24) is 10.2 Å². The zero-order valence-corrected chi connectivity index (χ0v) is 21.4.